The van der Waals surface area contributed by atoms with Crippen LogP contribution < -0.4 is 5.49 Å². The Morgan fingerprint density at radius 2 is 1.92 bits per heavy atom. The molecule has 1 heterocycles. The minimum absolute atomic E-state index is 0.355. The van der Waals surface area contributed by atoms with Gasteiger partial charge in [-0.1, -0.05) is 35.5 Å². The fourth-order valence-corrected chi connectivity index (χ4v) is 1.25. The van der Waals surface area contributed by atoms with Crippen LogP contribution in [0.5, 0.6) is 0 Å². The van der Waals surface area contributed by atoms with Crippen LogP contribution >= 0.6 is 0 Å². The molecule has 1 aliphatic carbocycles. The Balaban J connectivity index is 2.87. The highest BCUT2D eigenvalue weighted by molar-refractivity contribution is 5.61. The van der Waals surface area contributed by atoms with Gasteiger partial charge in [0.05, 0.1) is 0 Å². The summed E-state index contributed by atoms with van der Waals surface area (Å²) >= 11 is 0. The second kappa shape index (κ2) is 3.23. The van der Waals surface area contributed by atoms with Gasteiger partial charge in [0.2, 0.25) is 0 Å². The average molecular weight is 172 g/mol. The van der Waals surface area contributed by atoms with Crippen molar-refractivity contribution in [3.05, 3.63) is 48.1 Å². The average Bonchev–Trinajstić information content (AvgIpc) is 2.41. The minimum Gasteiger partial charge on any atom is -0.409 e. The Morgan fingerprint density at radius 1 is 1.08 bits per heavy atom. The minimum atomic E-state index is 0.355. The van der Waals surface area contributed by atoms with E-state index >= 15 is 0 Å². The van der Waals surface area contributed by atoms with Crippen LogP contribution in [0.2, 0.25) is 0 Å². The molecule has 3 heteroatoms. The summed E-state index contributed by atoms with van der Waals surface area (Å²) in [5.41, 5.74) is 2.21. The molecular formula is C10H8N2O. The fourth-order valence-electron chi connectivity index (χ4n) is 1.25. The maximum Gasteiger partial charge on any atom is 0.199 e. The molecule has 3 nitrogen and oxygen atoms in total. The maximum absolute atomic E-state index is 8.68. The van der Waals surface area contributed by atoms with Gasteiger partial charge in [0, 0.05) is 11.8 Å². The molecule has 1 aliphatic heterocycles. The van der Waals surface area contributed by atoms with E-state index in [1.54, 1.807) is 6.20 Å². The fraction of sp³-hybridized carbons (Fsp3) is 0. The first kappa shape index (κ1) is 7.73. The molecule has 0 saturated carbocycles. The van der Waals surface area contributed by atoms with Gasteiger partial charge in [0.25, 0.3) is 0 Å². The quantitative estimate of drug-likeness (QED) is 0.483. The summed E-state index contributed by atoms with van der Waals surface area (Å²) in [5.74, 6) is 0. The molecule has 0 radical (unpaired) electrons. The second-order valence-corrected chi connectivity index (χ2v) is 2.65. The summed E-state index contributed by atoms with van der Waals surface area (Å²) < 4.78 is 0. The second-order valence-electron chi connectivity index (χ2n) is 2.65. The lowest BCUT2D eigenvalue weighted by Gasteiger charge is -1.97. The van der Waals surface area contributed by atoms with Gasteiger partial charge in [-0.05, 0) is 11.6 Å². The van der Waals surface area contributed by atoms with E-state index in [-0.39, 0.29) is 0 Å². The number of hydrogen-bond acceptors (Lipinski definition) is 3. The highest BCUT2D eigenvalue weighted by Crippen LogP contribution is 2.13. The SMILES string of the molecule is ON=c1nccc2cccccc1-2. The Hall–Kier alpha value is -1.90. The number of rotatable bonds is 0. The molecule has 0 bridgehead atoms. The van der Waals surface area contributed by atoms with Gasteiger partial charge in [-0.2, -0.15) is 0 Å². The smallest absolute Gasteiger partial charge is 0.199 e. The number of aromatic nitrogens is 1. The van der Waals surface area contributed by atoms with Crippen molar-refractivity contribution in [2.45, 2.75) is 0 Å². The molecule has 0 aromatic heterocycles. The zero-order chi connectivity index (χ0) is 9.10. The number of fused-ring (bicyclic) bond motifs is 1. The van der Waals surface area contributed by atoms with Crippen molar-refractivity contribution in [2.75, 3.05) is 0 Å². The van der Waals surface area contributed by atoms with Gasteiger partial charge in [0.1, 0.15) is 0 Å². The van der Waals surface area contributed by atoms with Crippen LogP contribution in [0.4, 0.5) is 0 Å². The summed E-state index contributed by atoms with van der Waals surface area (Å²) in [6, 6.07) is 11.4. The van der Waals surface area contributed by atoms with E-state index in [0.717, 1.165) is 11.1 Å². The van der Waals surface area contributed by atoms with Crippen LogP contribution in [0.1, 0.15) is 0 Å². The summed E-state index contributed by atoms with van der Waals surface area (Å²) in [6.07, 6.45) is 1.62. The van der Waals surface area contributed by atoms with Crippen molar-refractivity contribution in [1.29, 1.82) is 0 Å². The van der Waals surface area contributed by atoms with E-state index in [4.69, 9.17) is 5.21 Å². The van der Waals surface area contributed by atoms with Gasteiger partial charge in [-0.3, -0.25) is 0 Å². The zero-order valence-corrected chi connectivity index (χ0v) is 6.88. The maximum atomic E-state index is 8.68. The van der Waals surface area contributed by atoms with Gasteiger partial charge in [-0.15, -0.1) is 0 Å². The molecule has 2 aliphatic rings. The predicted molar refractivity (Wildman–Crippen MR) is 48.2 cm³/mol. The summed E-state index contributed by atoms with van der Waals surface area (Å²) in [4.78, 5) is 3.94. The van der Waals surface area contributed by atoms with Gasteiger partial charge < -0.3 is 5.21 Å². The van der Waals surface area contributed by atoms with E-state index < -0.39 is 0 Å². The first-order chi connectivity index (χ1) is 6.42. The lowest BCUT2D eigenvalue weighted by Crippen LogP contribution is -2.09. The molecular weight excluding hydrogens is 164 g/mol. The third-order valence-corrected chi connectivity index (χ3v) is 1.86. The molecule has 13 heavy (non-hydrogen) atoms. The lowest BCUT2D eigenvalue weighted by atomic mass is 10.1. The Labute approximate surface area is 75.3 Å². The van der Waals surface area contributed by atoms with Crippen LogP contribution in [0.3, 0.4) is 0 Å². The third kappa shape index (κ3) is 1.36. The molecule has 0 unspecified atom stereocenters. The predicted octanol–water partition coefficient (Wildman–Crippen LogP) is 1.48. The van der Waals surface area contributed by atoms with E-state index in [1.165, 1.54) is 0 Å². The molecule has 0 aromatic rings. The number of hydrogen-bond donors (Lipinski definition) is 1. The van der Waals surface area contributed by atoms with Crippen LogP contribution in [-0.4, -0.2) is 10.2 Å². The molecule has 2 rings (SSSR count). The molecule has 0 atom stereocenters. The van der Waals surface area contributed by atoms with E-state index in [2.05, 4.69) is 10.1 Å². The molecule has 0 saturated heterocycles. The summed E-state index contributed by atoms with van der Waals surface area (Å²) in [5, 5.41) is 11.8. The monoisotopic (exact) mass is 172 g/mol. The van der Waals surface area contributed by atoms with E-state index in [0.29, 0.717) is 5.49 Å². The van der Waals surface area contributed by atoms with Gasteiger partial charge >= 0.3 is 0 Å². The standard InChI is InChI=1S/C10H8N2O/c13-12-10-9-5-3-1-2-4-8(9)6-7-11-10/h1-7,13H. The van der Waals surface area contributed by atoms with Crippen LogP contribution in [-0.2, 0) is 0 Å². The number of pyridine rings is 1. The first-order valence-electron chi connectivity index (χ1n) is 3.94. The van der Waals surface area contributed by atoms with Crippen molar-refractivity contribution < 1.29 is 5.21 Å². The van der Waals surface area contributed by atoms with Crippen molar-refractivity contribution in [2.24, 2.45) is 5.16 Å². The molecule has 1 N–H and O–H groups in total. The Bertz CT molecular complexity index is 453. The van der Waals surface area contributed by atoms with Crippen molar-refractivity contribution >= 4 is 0 Å². The van der Waals surface area contributed by atoms with Gasteiger partial charge in [0.15, 0.2) is 5.49 Å². The molecule has 0 spiro atoms. The highest BCUT2D eigenvalue weighted by Gasteiger charge is 2.00. The van der Waals surface area contributed by atoms with Gasteiger partial charge in [-0.25, -0.2) is 4.98 Å². The van der Waals surface area contributed by atoms with Crippen molar-refractivity contribution in [1.82, 2.24) is 4.98 Å². The van der Waals surface area contributed by atoms with E-state index in [9.17, 15) is 0 Å². The Kier molecular flexibility index (Phi) is 1.92. The molecule has 64 valence electrons. The normalized spacial score (nSPS) is 11.8. The summed E-state index contributed by atoms with van der Waals surface area (Å²) in [7, 11) is 0. The van der Waals surface area contributed by atoms with E-state index in [1.807, 2.05) is 36.4 Å². The highest BCUT2D eigenvalue weighted by atomic mass is 16.4. The van der Waals surface area contributed by atoms with Crippen LogP contribution in [0.15, 0.2) is 47.8 Å². The van der Waals surface area contributed by atoms with Crippen molar-refractivity contribution in [3.63, 3.8) is 0 Å². The Morgan fingerprint density at radius 3 is 2.77 bits per heavy atom. The zero-order valence-electron chi connectivity index (χ0n) is 6.88. The largest absolute Gasteiger partial charge is 0.409 e. The topological polar surface area (TPSA) is 45.5 Å². The molecule has 0 fully saturated rings. The molecule has 0 amide bonds. The lowest BCUT2D eigenvalue weighted by molar-refractivity contribution is 0.299. The third-order valence-electron chi connectivity index (χ3n) is 1.86. The van der Waals surface area contributed by atoms with Crippen molar-refractivity contribution in [3.8, 4) is 11.1 Å². The molecule has 0 aromatic carbocycles. The number of nitrogens with zero attached hydrogens (tertiary/aromatic N) is 2. The summed E-state index contributed by atoms with van der Waals surface area (Å²) in [6.45, 7) is 0. The van der Waals surface area contributed by atoms with Crippen LogP contribution in [0.25, 0.3) is 11.1 Å². The first-order valence-corrected chi connectivity index (χ1v) is 3.94. The van der Waals surface area contributed by atoms with Crippen LogP contribution in [0, 0.1) is 0 Å².